The zero-order valence-electron chi connectivity index (χ0n) is 26.1. The molecule has 46 heavy (non-hydrogen) atoms. The number of nitrogens with one attached hydrogen (secondary N) is 2. The van der Waals surface area contributed by atoms with Crippen molar-refractivity contribution in [2.45, 2.75) is 50.7 Å². The molecule has 1 aliphatic heterocycles. The van der Waals surface area contributed by atoms with Crippen LogP contribution in [0.4, 0.5) is 4.79 Å². The molecule has 3 N–H and O–H groups in total. The molecule has 2 heterocycles. The lowest BCUT2D eigenvalue weighted by Gasteiger charge is -2.41. The molecule has 4 aromatic rings. The summed E-state index contributed by atoms with van der Waals surface area (Å²) in [6.45, 7) is 4.19. The molecule has 1 aromatic heterocycles. The first-order valence-corrected chi connectivity index (χ1v) is 16.2. The van der Waals surface area contributed by atoms with Crippen molar-refractivity contribution in [1.29, 1.82) is 0 Å². The number of aromatic nitrogens is 3. The lowest BCUT2D eigenvalue weighted by molar-refractivity contribution is -0.268. The number of ether oxygens (including phenoxy) is 3. The van der Waals surface area contributed by atoms with Crippen molar-refractivity contribution in [2.75, 3.05) is 18.9 Å². The van der Waals surface area contributed by atoms with Crippen molar-refractivity contribution >= 4 is 23.8 Å². The van der Waals surface area contributed by atoms with Gasteiger partial charge in [0.15, 0.2) is 11.4 Å². The molecule has 242 valence electrons. The first-order valence-electron chi connectivity index (χ1n) is 15.2. The topological polar surface area (TPSA) is 137 Å². The number of benzene rings is 3. The third kappa shape index (κ3) is 8.52. The van der Waals surface area contributed by atoms with E-state index in [1.165, 1.54) is 0 Å². The summed E-state index contributed by atoms with van der Waals surface area (Å²) in [4.78, 5) is 23.7. The Morgan fingerprint density at radius 3 is 2.46 bits per heavy atom. The number of aliphatic hydroxyl groups is 1. The number of nitrogens with zero attached hydrogens (tertiary/aromatic N) is 3. The molecule has 4 atom stereocenters. The van der Waals surface area contributed by atoms with Crippen LogP contribution in [-0.2, 0) is 39.2 Å². The van der Waals surface area contributed by atoms with Gasteiger partial charge in [-0.25, -0.2) is 4.79 Å². The highest BCUT2D eigenvalue weighted by Crippen LogP contribution is 2.43. The smallest absolute Gasteiger partial charge is 0.325 e. The molecule has 1 saturated heterocycles. The minimum atomic E-state index is -0.614. The Hall–Kier alpha value is -4.23. The number of hydrogen-bond acceptors (Lipinski definition) is 9. The van der Waals surface area contributed by atoms with Crippen LogP contribution in [0.25, 0.3) is 11.1 Å². The van der Waals surface area contributed by atoms with Crippen LogP contribution in [0.15, 0.2) is 84.3 Å². The number of urea groups is 1. The van der Waals surface area contributed by atoms with Gasteiger partial charge >= 0.3 is 12.0 Å². The van der Waals surface area contributed by atoms with Crippen LogP contribution in [0.5, 0.6) is 0 Å². The van der Waals surface area contributed by atoms with E-state index < -0.39 is 18.3 Å². The van der Waals surface area contributed by atoms with Crippen LogP contribution in [0.1, 0.15) is 48.5 Å². The number of esters is 1. The van der Waals surface area contributed by atoms with Crippen molar-refractivity contribution in [1.82, 2.24) is 25.4 Å². The summed E-state index contributed by atoms with van der Waals surface area (Å²) < 4.78 is 20.0. The molecule has 2 amide bonds. The average molecular weight is 646 g/mol. The zero-order chi connectivity index (χ0) is 32.5. The van der Waals surface area contributed by atoms with Crippen molar-refractivity contribution < 1.29 is 28.9 Å². The van der Waals surface area contributed by atoms with Gasteiger partial charge in [0.25, 0.3) is 0 Å². The highest BCUT2D eigenvalue weighted by atomic mass is 32.2. The first kappa shape index (κ1) is 33.1. The van der Waals surface area contributed by atoms with Gasteiger partial charge in [-0.1, -0.05) is 79.3 Å². The SMILES string of the molecule is CCOC(=O)CNC(=O)NCc1cccc(-c2cccc(C3OC(CSc4nncn4C)C(C)C(c4ccc(CO)cc4)O3)c2)c1. The number of aliphatic hydroxyl groups excluding tert-OH is 1. The van der Waals surface area contributed by atoms with Crippen LogP contribution < -0.4 is 10.6 Å². The Morgan fingerprint density at radius 1 is 0.978 bits per heavy atom. The number of rotatable bonds is 12. The van der Waals surface area contributed by atoms with Crippen molar-refractivity contribution in [2.24, 2.45) is 13.0 Å². The van der Waals surface area contributed by atoms with Gasteiger partial charge in [-0.15, -0.1) is 10.2 Å². The van der Waals surface area contributed by atoms with Crippen molar-refractivity contribution in [3.8, 4) is 11.1 Å². The number of carbonyl (C=O) groups excluding carboxylic acids is 2. The quantitative estimate of drug-likeness (QED) is 0.145. The summed E-state index contributed by atoms with van der Waals surface area (Å²) in [5.74, 6) is 0.223. The Labute approximate surface area is 272 Å². The molecule has 3 aromatic carbocycles. The molecular formula is C34H39N5O6S. The van der Waals surface area contributed by atoms with Gasteiger partial charge in [0.1, 0.15) is 12.9 Å². The normalized spacial score (nSPS) is 19.4. The average Bonchev–Trinajstić information content (AvgIpc) is 3.50. The molecule has 1 aliphatic rings. The Bertz CT molecular complexity index is 1610. The minimum Gasteiger partial charge on any atom is -0.465 e. The molecule has 12 heteroatoms. The molecule has 0 bridgehead atoms. The van der Waals surface area contributed by atoms with Gasteiger partial charge in [-0.2, -0.15) is 0 Å². The second-order valence-corrected chi connectivity index (χ2v) is 12.0. The van der Waals surface area contributed by atoms with Crippen molar-refractivity contribution in [3.63, 3.8) is 0 Å². The maximum Gasteiger partial charge on any atom is 0.325 e. The molecule has 0 radical (unpaired) electrons. The van der Waals surface area contributed by atoms with E-state index in [0.29, 0.717) is 5.75 Å². The van der Waals surface area contributed by atoms with Crippen LogP contribution in [-0.4, -0.2) is 56.9 Å². The summed E-state index contributed by atoms with van der Waals surface area (Å²) in [6, 6.07) is 23.4. The molecule has 0 spiro atoms. The van der Waals surface area contributed by atoms with E-state index in [1.54, 1.807) is 25.0 Å². The number of amides is 2. The third-order valence-corrected chi connectivity index (χ3v) is 8.86. The van der Waals surface area contributed by atoms with Crippen LogP contribution in [0, 0.1) is 5.92 Å². The van der Waals surface area contributed by atoms with Crippen molar-refractivity contribution in [3.05, 3.63) is 101 Å². The highest BCUT2D eigenvalue weighted by molar-refractivity contribution is 7.99. The highest BCUT2D eigenvalue weighted by Gasteiger charge is 2.38. The van der Waals surface area contributed by atoms with E-state index in [2.05, 4.69) is 33.8 Å². The van der Waals surface area contributed by atoms with E-state index in [0.717, 1.165) is 38.5 Å². The summed E-state index contributed by atoms with van der Waals surface area (Å²) in [5, 5.41) is 23.9. The van der Waals surface area contributed by atoms with E-state index in [1.807, 2.05) is 78.3 Å². The molecule has 4 unspecified atom stereocenters. The molecule has 0 saturated carbocycles. The zero-order valence-corrected chi connectivity index (χ0v) is 26.9. The molecule has 11 nitrogen and oxygen atoms in total. The molecule has 1 fully saturated rings. The summed E-state index contributed by atoms with van der Waals surface area (Å²) >= 11 is 1.60. The molecule has 0 aliphatic carbocycles. The predicted molar refractivity (Wildman–Crippen MR) is 173 cm³/mol. The summed E-state index contributed by atoms with van der Waals surface area (Å²) in [6.07, 6.45) is 0.694. The second-order valence-electron chi connectivity index (χ2n) is 11.0. The van der Waals surface area contributed by atoms with Gasteiger partial charge in [0.05, 0.1) is 25.4 Å². The fourth-order valence-electron chi connectivity index (χ4n) is 5.20. The van der Waals surface area contributed by atoms with E-state index in [4.69, 9.17) is 14.2 Å². The Balaban J connectivity index is 1.32. The van der Waals surface area contributed by atoms with Gasteiger partial charge in [0, 0.05) is 30.8 Å². The molecule has 5 rings (SSSR count). The lowest BCUT2D eigenvalue weighted by Crippen LogP contribution is -2.38. The number of hydrogen-bond donors (Lipinski definition) is 3. The Morgan fingerprint density at radius 2 is 1.74 bits per heavy atom. The van der Waals surface area contributed by atoms with Crippen LogP contribution in [0.2, 0.25) is 0 Å². The summed E-state index contributed by atoms with van der Waals surface area (Å²) in [5.41, 5.74) is 5.61. The monoisotopic (exact) mass is 645 g/mol. The number of thioether (sulfide) groups is 1. The molecular weight excluding hydrogens is 606 g/mol. The number of aryl methyl sites for hydroxylation is 1. The minimum absolute atomic E-state index is 0.0171. The van der Waals surface area contributed by atoms with Crippen LogP contribution >= 0.6 is 11.8 Å². The van der Waals surface area contributed by atoms with Gasteiger partial charge in [0.2, 0.25) is 0 Å². The standard InChI is InChI=1S/C34H39N5O6S/c1-4-43-30(41)18-36-33(42)35-17-24-7-5-8-26(15-24)27-9-6-10-28(16-27)32-44-29(20-46-34-38-37-21-39(34)3)22(2)31(45-32)25-13-11-23(19-40)12-14-25/h5-16,21-22,29,31-32,40H,4,17-20H2,1-3H3,(H2,35,36,42). The number of carbonyl (C=O) groups is 2. The fraction of sp³-hybridized carbons (Fsp3) is 0.353. The van der Waals surface area contributed by atoms with Gasteiger partial charge in [-0.05, 0) is 46.9 Å². The third-order valence-electron chi connectivity index (χ3n) is 7.74. The first-order chi connectivity index (χ1) is 22.3. The second kappa shape index (κ2) is 15.9. The van der Waals surface area contributed by atoms with E-state index in [9.17, 15) is 14.7 Å². The van der Waals surface area contributed by atoms with Gasteiger partial charge in [-0.3, -0.25) is 4.79 Å². The fourth-order valence-corrected chi connectivity index (χ4v) is 6.26. The maximum atomic E-state index is 12.2. The predicted octanol–water partition coefficient (Wildman–Crippen LogP) is 4.92. The van der Waals surface area contributed by atoms with Crippen LogP contribution in [0.3, 0.4) is 0 Å². The maximum absolute atomic E-state index is 12.2. The summed E-state index contributed by atoms with van der Waals surface area (Å²) in [7, 11) is 1.92. The largest absolute Gasteiger partial charge is 0.465 e. The van der Waals surface area contributed by atoms with E-state index in [-0.39, 0.29) is 44.4 Å². The Kier molecular flexibility index (Phi) is 11.4. The van der Waals surface area contributed by atoms with E-state index >= 15 is 0 Å². The lowest BCUT2D eigenvalue weighted by atomic mass is 9.91. The van der Waals surface area contributed by atoms with Gasteiger partial charge < -0.3 is 34.5 Å².